The monoisotopic (exact) mass is 350 g/mol. The Labute approximate surface area is 155 Å². The number of nitrogens with one attached hydrogen (secondary N) is 1. The first-order valence-electron chi connectivity index (χ1n) is 8.91. The SMILES string of the molecule is COc1ccccc1C1(CNC(=O)/C=C/c2ccc(N(C)C)cc2)CC1. The van der Waals surface area contributed by atoms with Gasteiger partial charge in [-0.1, -0.05) is 30.3 Å². The van der Waals surface area contributed by atoms with Gasteiger partial charge >= 0.3 is 0 Å². The molecule has 2 aromatic rings. The molecule has 0 aromatic heterocycles. The molecule has 4 heteroatoms. The molecule has 1 aliphatic carbocycles. The molecule has 0 radical (unpaired) electrons. The number of hydrogen-bond acceptors (Lipinski definition) is 3. The largest absolute Gasteiger partial charge is 0.496 e. The van der Waals surface area contributed by atoms with Crippen LogP contribution in [0.1, 0.15) is 24.0 Å². The zero-order valence-corrected chi connectivity index (χ0v) is 15.7. The third kappa shape index (κ3) is 4.07. The van der Waals surface area contributed by atoms with Crippen molar-refractivity contribution in [3.05, 3.63) is 65.7 Å². The minimum Gasteiger partial charge on any atom is -0.496 e. The molecule has 0 unspecified atom stereocenters. The van der Waals surface area contributed by atoms with Gasteiger partial charge in [-0.2, -0.15) is 0 Å². The standard InChI is InChI=1S/C22H26N2O2/c1-24(2)18-11-8-17(9-12-18)10-13-21(25)23-16-22(14-15-22)19-6-4-5-7-20(19)26-3/h4-13H,14-16H2,1-3H3,(H,23,25)/b13-10+. The molecule has 4 nitrogen and oxygen atoms in total. The number of rotatable bonds is 7. The number of methoxy groups -OCH3 is 1. The summed E-state index contributed by atoms with van der Waals surface area (Å²) >= 11 is 0. The van der Waals surface area contributed by atoms with Crippen molar-refractivity contribution in [1.82, 2.24) is 5.32 Å². The lowest BCUT2D eigenvalue weighted by molar-refractivity contribution is -0.116. The van der Waals surface area contributed by atoms with Crippen LogP contribution in [-0.4, -0.2) is 33.7 Å². The fraction of sp³-hybridized carbons (Fsp3) is 0.318. The minimum absolute atomic E-state index is 0.0173. The second-order valence-electron chi connectivity index (χ2n) is 7.02. The van der Waals surface area contributed by atoms with Crippen LogP contribution in [0.5, 0.6) is 5.75 Å². The van der Waals surface area contributed by atoms with Crippen molar-refractivity contribution in [3.8, 4) is 5.75 Å². The average molecular weight is 350 g/mol. The first-order chi connectivity index (χ1) is 12.5. The maximum Gasteiger partial charge on any atom is 0.244 e. The second kappa shape index (κ2) is 7.65. The molecule has 1 N–H and O–H groups in total. The van der Waals surface area contributed by atoms with Gasteiger partial charge in [0.15, 0.2) is 0 Å². The number of hydrogen-bond donors (Lipinski definition) is 1. The van der Waals surface area contributed by atoms with Crippen LogP contribution in [0.4, 0.5) is 5.69 Å². The summed E-state index contributed by atoms with van der Waals surface area (Å²) in [7, 11) is 5.71. The van der Waals surface area contributed by atoms with Gasteiger partial charge < -0.3 is 15.0 Å². The zero-order valence-electron chi connectivity index (χ0n) is 15.7. The van der Waals surface area contributed by atoms with E-state index in [1.165, 1.54) is 5.56 Å². The smallest absolute Gasteiger partial charge is 0.244 e. The fourth-order valence-corrected chi connectivity index (χ4v) is 3.15. The van der Waals surface area contributed by atoms with Crippen LogP contribution < -0.4 is 15.0 Å². The summed E-state index contributed by atoms with van der Waals surface area (Å²) in [6, 6.07) is 16.2. The van der Waals surface area contributed by atoms with Crippen LogP contribution in [0, 0.1) is 0 Å². The predicted octanol–water partition coefficient (Wildman–Crippen LogP) is 3.62. The lowest BCUT2D eigenvalue weighted by Crippen LogP contribution is -2.31. The molecule has 136 valence electrons. The lowest BCUT2D eigenvalue weighted by atomic mass is 9.95. The van der Waals surface area contributed by atoms with E-state index < -0.39 is 0 Å². The highest BCUT2D eigenvalue weighted by Gasteiger charge is 2.46. The molecule has 3 rings (SSSR count). The number of benzene rings is 2. The number of amides is 1. The highest BCUT2D eigenvalue weighted by Crippen LogP contribution is 2.50. The molecular weight excluding hydrogens is 324 g/mol. The van der Waals surface area contributed by atoms with Gasteiger partial charge in [-0.3, -0.25) is 4.79 Å². The number of carbonyl (C=O) groups is 1. The third-order valence-electron chi connectivity index (χ3n) is 4.97. The van der Waals surface area contributed by atoms with Crippen molar-refractivity contribution in [2.24, 2.45) is 0 Å². The van der Waals surface area contributed by atoms with E-state index in [4.69, 9.17) is 4.74 Å². The Morgan fingerprint density at radius 2 is 1.85 bits per heavy atom. The molecular formula is C22H26N2O2. The quantitative estimate of drug-likeness (QED) is 0.776. The molecule has 0 aliphatic heterocycles. The van der Waals surface area contributed by atoms with Gasteiger partial charge in [0.2, 0.25) is 5.91 Å². The Hall–Kier alpha value is -2.75. The normalized spacial score (nSPS) is 14.9. The zero-order chi connectivity index (χ0) is 18.6. The minimum atomic E-state index is -0.0668. The van der Waals surface area contributed by atoms with Crippen LogP contribution in [-0.2, 0) is 10.2 Å². The molecule has 2 aromatic carbocycles. The van der Waals surface area contributed by atoms with E-state index in [-0.39, 0.29) is 11.3 Å². The van der Waals surface area contributed by atoms with E-state index in [0.717, 1.165) is 29.8 Å². The molecule has 1 fully saturated rings. The van der Waals surface area contributed by atoms with Crippen molar-refractivity contribution in [1.29, 1.82) is 0 Å². The molecule has 0 atom stereocenters. The molecule has 1 amide bonds. The Bertz CT molecular complexity index is 790. The summed E-state index contributed by atoms with van der Waals surface area (Å²) in [5.41, 5.74) is 3.35. The molecule has 26 heavy (non-hydrogen) atoms. The van der Waals surface area contributed by atoms with Crippen LogP contribution in [0.25, 0.3) is 6.08 Å². The van der Waals surface area contributed by atoms with Crippen molar-refractivity contribution in [3.63, 3.8) is 0 Å². The van der Waals surface area contributed by atoms with Gasteiger partial charge in [-0.05, 0) is 42.7 Å². The Morgan fingerprint density at radius 3 is 2.46 bits per heavy atom. The Balaban J connectivity index is 1.58. The van der Waals surface area contributed by atoms with E-state index >= 15 is 0 Å². The Morgan fingerprint density at radius 1 is 1.15 bits per heavy atom. The summed E-state index contributed by atoms with van der Waals surface area (Å²) < 4.78 is 5.48. The van der Waals surface area contributed by atoms with Gasteiger partial charge in [0.25, 0.3) is 0 Å². The van der Waals surface area contributed by atoms with E-state index in [9.17, 15) is 4.79 Å². The summed E-state index contributed by atoms with van der Waals surface area (Å²) in [4.78, 5) is 14.3. The summed E-state index contributed by atoms with van der Waals surface area (Å²) in [6.45, 7) is 0.635. The maximum absolute atomic E-state index is 12.2. The molecule has 1 aliphatic rings. The summed E-state index contributed by atoms with van der Waals surface area (Å²) in [6.07, 6.45) is 5.59. The van der Waals surface area contributed by atoms with Crippen LogP contribution >= 0.6 is 0 Å². The van der Waals surface area contributed by atoms with Gasteiger partial charge in [0.05, 0.1) is 7.11 Å². The van der Waals surface area contributed by atoms with Gasteiger partial charge in [-0.25, -0.2) is 0 Å². The van der Waals surface area contributed by atoms with Crippen molar-refractivity contribution in [2.75, 3.05) is 32.6 Å². The van der Waals surface area contributed by atoms with Crippen LogP contribution in [0.3, 0.4) is 0 Å². The number of carbonyl (C=O) groups excluding carboxylic acids is 1. The van der Waals surface area contributed by atoms with Crippen LogP contribution in [0.15, 0.2) is 54.6 Å². The number of nitrogens with zero attached hydrogens (tertiary/aromatic N) is 1. The molecule has 0 bridgehead atoms. The molecule has 0 heterocycles. The number of para-hydroxylation sites is 1. The molecule has 0 saturated heterocycles. The van der Waals surface area contributed by atoms with Gasteiger partial charge in [-0.15, -0.1) is 0 Å². The first kappa shape index (κ1) is 18.1. The number of ether oxygens (including phenoxy) is 1. The topological polar surface area (TPSA) is 41.6 Å². The van der Waals surface area contributed by atoms with Crippen molar-refractivity contribution in [2.45, 2.75) is 18.3 Å². The van der Waals surface area contributed by atoms with Crippen molar-refractivity contribution < 1.29 is 9.53 Å². The Kier molecular flexibility index (Phi) is 5.31. The molecule has 0 spiro atoms. The van der Waals surface area contributed by atoms with Crippen molar-refractivity contribution >= 4 is 17.7 Å². The van der Waals surface area contributed by atoms with Crippen LogP contribution in [0.2, 0.25) is 0 Å². The average Bonchev–Trinajstić information content (AvgIpc) is 3.46. The maximum atomic E-state index is 12.2. The third-order valence-corrected chi connectivity index (χ3v) is 4.97. The highest BCUT2D eigenvalue weighted by atomic mass is 16.5. The van der Waals surface area contributed by atoms with E-state index in [1.807, 2.05) is 67.5 Å². The highest BCUT2D eigenvalue weighted by molar-refractivity contribution is 5.91. The predicted molar refractivity (Wildman–Crippen MR) is 107 cm³/mol. The van der Waals surface area contributed by atoms with E-state index in [2.05, 4.69) is 11.4 Å². The molecule has 1 saturated carbocycles. The van der Waals surface area contributed by atoms with Gasteiger partial charge in [0.1, 0.15) is 5.75 Å². The summed E-state index contributed by atoms with van der Waals surface area (Å²) in [5.74, 6) is 0.832. The van der Waals surface area contributed by atoms with E-state index in [0.29, 0.717) is 6.54 Å². The lowest BCUT2D eigenvalue weighted by Gasteiger charge is -2.19. The first-order valence-corrected chi connectivity index (χ1v) is 8.91. The second-order valence-corrected chi connectivity index (χ2v) is 7.02. The summed E-state index contributed by atoms with van der Waals surface area (Å²) in [5, 5.41) is 3.05. The fourth-order valence-electron chi connectivity index (χ4n) is 3.15. The van der Waals surface area contributed by atoms with Gasteiger partial charge in [0, 0.05) is 43.4 Å². The number of anilines is 1. The van der Waals surface area contributed by atoms with E-state index in [1.54, 1.807) is 13.2 Å².